The van der Waals surface area contributed by atoms with Gasteiger partial charge in [0.25, 0.3) is 5.91 Å². The molecular weight excluding hydrogens is 360 g/mol. The van der Waals surface area contributed by atoms with E-state index in [-0.39, 0.29) is 11.5 Å². The lowest BCUT2D eigenvalue weighted by atomic mass is 10.1. The van der Waals surface area contributed by atoms with E-state index in [1.54, 1.807) is 24.3 Å². The van der Waals surface area contributed by atoms with Crippen molar-refractivity contribution in [2.75, 3.05) is 5.32 Å². The van der Waals surface area contributed by atoms with Crippen LogP contribution in [0.3, 0.4) is 0 Å². The summed E-state index contributed by atoms with van der Waals surface area (Å²) in [6, 6.07) is 9.91. The van der Waals surface area contributed by atoms with Crippen LogP contribution in [0.25, 0.3) is 11.3 Å². The minimum Gasteiger partial charge on any atom is -0.318 e. The molecule has 1 aromatic heterocycles. The van der Waals surface area contributed by atoms with Gasteiger partial charge in [-0.2, -0.15) is 5.10 Å². The number of anilines is 1. The first-order valence-electron chi connectivity index (χ1n) is 8.13. The highest BCUT2D eigenvalue weighted by atomic mass is 35.5. The van der Waals surface area contributed by atoms with Crippen molar-refractivity contribution in [1.29, 1.82) is 0 Å². The van der Waals surface area contributed by atoms with Crippen molar-refractivity contribution in [1.82, 2.24) is 10.2 Å². The van der Waals surface area contributed by atoms with Gasteiger partial charge in [-0.25, -0.2) is 8.78 Å². The highest BCUT2D eigenvalue weighted by Crippen LogP contribution is 2.45. The Bertz CT molecular complexity index is 981. The molecule has 1 aliphatic carbocycles. The molecule has 1 amide bonds. The Morgan fingerprint density at radius 2 is 1.88 bits per heavy atom. The zero-order valence-corrected chi connectivity index (χ0v) is 14.3. The second kappa shape index (κ2) is 6.53. The predicted molar refractivity (Wildman–Crippen MR) is 95.3 cm³/mol. The van der Waals surface area contributed by atoms with Gasteiger partial charge in [0.05, 0.1) is 16.9 Å². The summed E-state index contributed by atoms with van der Waals surface area (Å²) in [4.78, 5) is 12.5. The molecule has 0 aliphatic heterocycles. The Morgan fingerprint density at radius 3 is 2.54 bits per heavy atom. The summed E-state index contributed by atoms with van der Waals surface area (Å²) in [5, 5.41) is 10.6. The number of rotatable bonds is 4. The zero-order valence-electron chi connectivity index (χ0n) is 13.5. The average Bonchev–Trinajstić information content (AvgIpc) is 3.37. The van der Waals surface area contributed by atoms with Crippen LogP contribution in [0, 0.1) is 11.6 Å². The van der Waals surface area contributed by atoms with Crippen LogP contribution >= 0.6 is 11.6 Å². The molecule has 1 saturated carbocycles. The topological polar surface area (TPSA) is 57.8 Å². The molecule has 0 atom stereocenters. The molecule has 132 valence electrons. The number of H-pyrrole nitrogens is 1. The first kappa shape index (κ1) is 16.7. The number of halogens is 3. The van der Waals surface area contributed by atoms with E-state index in [0.717, 1.165) is 36.2 Å². The van der Waals surface area contributed by atoms with Crippen molar-refractivity contribution >= 4 is 23.2 Å². The van der Waals surface area contributed by atoms with Crippen molar-refractivity contribution < 1.29 is 13.6 Å². The standard InChI is InChI=1S/C19H14ClF2N3O/c20-12-5-3-11(4-6-12)17-18(16(24-25-17)10-1-2-10)23-19(26)14-8-7-13(21)9-15(14)22/h3-10H,1-2H2,(H,23,26)(H,24,25). The summed E-state index contributed by atoms with van der Waals surface area (Å²) in [5.41, 5.74) is 2.43. The fraction of sp³-hybridized carbons (Fsp3) is 0.158. The van der Waals surface area contributed by atoms with Crippen LogP contribution in [-0.4, -0.2) is 16.1 Å². The van der Waals surface area contributed by atoms with Crippen LogP contribution in [0.5, 0.6) is 0 Å². The van der Waals surface area contributed by atoms with Crippen molar-refractivity contribution in [3.05, 3.63) is 70.4 Å². The first-order valence-corrected chi connectivity index (χ1v) is 8.51. The van der Waals surface area contributed by atoms with Gasteiger partial charge in [0, 0.05) is 22.6 Å². The smallest absolute Gasteiger partial charge is 0.258 e. The Hall–Kier alpha value is -2.73. The lowest BCUT2D eigenvalue weighted by Crippen LogP contribution is -2.15. The summed E-state index contributed by atoms with van der Waals surface area (Å²) < 4.78 is 27.0. The van der Waals surface area contributed by atoms with E-state index in [1.165, 1.54) is 0 Å². The lowest BCUT2D eigenvalue weighted by molar-refractivity contribution is 0.102. The first-order chi connectivity index (χ1) is 12.5. The fourth-order valence-corrected chi connectivity index (χ4v) is 2.95. The third-order valence-corrected chi connectivity index (χ3v) is 4.56. The number of hydrogen-bond donors (Lipinski definition) is 2. The van der Waals surface area contributed by atoms with E-state index in [4.69, 9.17) is 11.6 Å². The van der Waals surface area contributed by atoms with Gasteiger partial charge in [-0.05, 0) is 37.1 Å². The van der Waals surface area contributed by atoms with Gasteiger partial charge in [0.2, 0.25) is 0 Å². The van der Waals surface area contributed by atoms with Gasteiger partial charge in [-0.1, -0.05) is 23.7 Å². The van der Waals surface area contributed by atoms with Crippen molar-refractivity contribution in [2.45, 2.75) is 18.8 Å². The Balaban J connectivity index is 1.71. The molecule has 0 unspecified atom stereocenters. The van der Waals surface area contributed by atoms with E-state index in [1.807, 2.05) is 0 Å². The quantitative estimate of drug-likeness (QED) is 0.665. The maximum Gasteiger partial charge on any atom is 0.258 e. The number of amides is 1. The third-order valence-electron chi connectivity index (χ3n) is 4.31. The van der Waals surface area contributed by atoms with E-state index in [2.05, 4.69) is 15.5 Å². The van der Waals surface area contributed by atoms with Crippen LogP contribution in [-0.2, 0) is 0 Å². The number of hydrogen-bond acceptors (Lipinski definition) is 2. The lowest BCUT2D eigenvalue weighted by Gasteiger charge is -2.09. The van der Waals surface area contributed by atoms with Gasteiger partial charge < -0.3 is 5.32 Å². The van der Waals surface area contributed by atoms with Crippen LogP contribution < -0.4 is 5.32 Å². The molecule has 0 bridgehead atoms. The molecule has 1 fully saturated rings. The van der Waals surface area contributed by atoms with Crippen molar-refractivity contribution in [3.63, 3.8) is 0 Å². The molecule has 4 rings (SSSR count). The van der Waals surface area contributed by atoms with Gasteiger partial charge in [-0.3, -0.25) is 9.89 Å². The molecule has 1 aliphatic rings. The number of nitrogens with one attached hydrogen (secondary N) is 2. The van der Waals surface area contributed by atoms with Crippen LogP contribution in [0.15, 0.2) is 42.5 Å². The normalized spacial score (nSPS) is 13.7. The molecule has 1 heterocycles. The monoisotopic (exact) mass is 373 g/mol. The Kier molecular flexibility index (Phi) is 4.20. The molecule has 0 radical (unpaired) electrons. The molecule has 2 N–H and O–H groups in total. The van der Waals surface area contributed by atoms with Crippen LogP contribution in [0.2, 0.25) is 5.02 Å². The number of carbonyl (C=O) groups excluding carboxylic acids is 1. The summed E-state index contributed by atoms with van der Waals surface area (Å²) in [6.45, 7) is 0. The van der Waals surface area contributed by atoms with Crippen LogP contribution in [0.1, 0.15) is 34.8 Å². The van der Waals surface area contributed by atoms with Crippen LogP contribution in [0.4, 0.5) is 14.5 Å². The second-order valence-corrected chi connectivity index (χ2v) is 6.66. The average molecular weight is 374 g/mol. The van der Waals surface area contributed by atoms with Gasteiger partial charge in [-0.15, -0.1) is 0 Å². The molecule has 0 spiro atoms. The number of aromatic amines is 1. The summed E-state index contributed by atoms with van der Waals surface area (Å²) >= 11 is 5.93. The largest absolute Gasteiger partial charge is 0.318 e. The number of aromatic nitrogens is 2. The predicted octanol–water partition coefficient (Wildman–Crippen LogP) is 5.14. The number of benzene rings is 2. The van der Waals surface area contributed by atoms with Crippen molar-refractivity contribution in [2.24, 2.45) is 0 Å². The summed E-state index contributed by atoms with van der Waals surface area (Å²) in [5.74, 6) is -2.01. The minimum absolute atomic E-state index is 0.226. The summed E-state index contributed by atoms with van der Waals surface area (Å²) in [6.07, 6.45) is 1.99. The third kappa shape index (κ3) is 3.20. The van der Waals surface area contributed by atoms with E-state index in [9.17, 15) is 13.6 Å². The summed E-state index contributed by atoms with van der Waals surface area (Å²) in [7, 11) is 0. The van der Waals surface area contributed by atoms with E-state index >= 15 is 0 Å². The number of nitrogens with zero attached hydrogens (tertiary/aromatic N) is 1. The van der Waals surface area contributed by atoms with Gasteiger partial charge >= 0.3 is 0 Å². The molecule has 0 saturated heterocycles. The fourth-order valence-electron chi connectivity index (χ4n) is 2.82. The molecule has 2 aromatic carbocycles. The molecular formula is C19H14ClF2N3O. The van der Waals surface area contributed by atoms with Gasteiger partial charge in [0.1, 0.15) is 17.3 Å². The highest BCUT2D eigenvalue weighted by Gasteiger charge is 2.31. The molecule has 3 aromatic rings. The van der Waals surface area contributed by atoms with E-state index < -0.39 is 17.5 Å². The molecule has 26 heavy (non-hydrogen) atoms. The van der Waals surface area contributed by atoms with E-state index in [0.29, 0.717) is 22.5 Å². The maximum absolute atomic E-state index is 13.9. The van der Waals surface area contributed by atoms with Crippen molar-refractivity contribution in [3.8, 4) is 11.3 Å². The molecule has 7 heteroatoms. The SMILES string of the molecule is O=C(Nc1c(-c2ccc(Cl)cc2)n[nH]c1C1CC1)c1ccc(F)cc1F. The van der Waals surface area contributed by atoms with Gasteiger partial charge in [0.15, 0.2) is 0 Å². The zero-order chi connectivity index (χ0) is 18.3. The second-order valence-electron chi connectivity index (χ2n) is 6.22. The highest BCUT2D eigenvalue weighted by molar-refractivity contribution is 6.30. The Morgan fingerprint density at radius 1 is 1.15 bits per heavy atom. The number of carbonyl (C=O) groups is 1. The maximum atomic E-state index is 13.9. The Labute approximate surface area is 153 Å². The minimum atomic E-state index is -0.910. The molecule has 4 nitrogen and oxygen atoms in total.